The van der Waals surface area contributed by atoms with E-state index in [-0.39, 0.29) is 21.0 Å². The molecule has 1 amide bonds. The summed E-state index contributed by atoms with van der Waals surface area (Å²) in [7, 11) is -4.87. The van der Waals surface area contributed by atoms with Gasteiger partial charge in [0, 0.05) is 39.9 Å². The Morgan fingerprint density at radius 2 is 2.05 bits per heavy atom. The van der Waals surface area contributed by atoms with Crippen LogP contribution in [0.3, 0.4) is 0 Å². The lowest BCUT2D eigenvalue weighted by molar-refractivity contribution is 0.0953. The van der Waals surface area contributed by atoms with Gasteiger partial charge in [-0.1, -0.05) is 11.6 Å². The number of nitrogens with one attached hydrogen (secondary N) is 1. The smallest absolute Gasteiger partial charge is 0.251 e. The molecule has 1 atom stereocenters. The van der Waals surface area contributed by atoms with Crippen molar-refractivity contribution in [3.63, 3.8) is 0 Å². The Bertz CT molecular complexity index is 674. The molecule has 1 rings (SSSR count). The number of halogens is 1. The molecule has 0 saturated carbocycles. The number of amides is 1. The average molecular weight is 353 g/mol. The molecule has 21 heavy (non-hydrogen) atoms. The standard InChI is InChI=1S/C12H17ClN2O4S2/c1-8-10(12(16)15-4-3-5-20(2)17)6-9(13)7-11(8)21(14,18)19/h6-7H,3-5H2,1-2H3,(H,15,16)(H2,14,18,19). The summed E-state index contributed by atoms with van der Waals surface area (Å²) in [5, 5.41) is 7.85. The van der Waals surface area contributed by atoms with Crippen LogP contribution in [0.1, 0.15) is 22.3 Å². The summed E-state index contributed by atoms with van der Waals surface area (Å²) < 4.78 is 33.9. The van der Waals surface area contributed by atoms with Crippen LogP contribution in [-0.4, -0.2) is 37.1 Å². The fourth-order valence-corrected chi connectivity index (χ4v) is 3.42. The molecule has 0 radical (unpaired) electrons. The van der Waals surface area contributed by atoms with E-state index in [9.17, 15) is 17.4 Å². The van der Waals surface area contributed by atoms with Crippen molar-refractivity contribution < 1.29 is 17.4 Å². The molecule has 118 valence electrons. The molecule has 0 heterocycles. The van der Waals surface area contributed by atoms with Crippen LogP contribution in [-0.2, 0) is 20.8 Å². The highest BCUT2D eigenvalue weighted by atomic mass is 35.5. The third kappa shape index (κ3) is 5.39. The summed E-state index contributed by atoms with van der Waals surface area (Å²) in [6.45, 7) is 1.83. The van der Waals surface area contributed by atoms with Crippen LogP contribution < -0.4 is 10.5 Å². The Kier molecular flexibility index (Phi) is 6.33. The number of carbonyl (C=O) groups is 1. The second-order valence-corrected chi connectivity index (χ2v) is 8.03. The molecule has 0 aliphatic rings. The number of sulfonamides is 1. The van der Waals surface area contributed by atoms with Gasteiger partial charge in [0.1, 0.15) is 0 Å². The summed E-state index contributed by atoms with van der Waals surface area (Å²) in [4.78, 5) is 11.9. The fourth-order valence-electron chi connectivity index (χ4n) is 1.76. The summed E-state index contributed by atoms with van der Waals surface area (Å²) in [5.74, 6) is 0.0406. The minimum atomic E-state index is -3.95. The number of carbonyl (C=O) groups excluding carboxylic acids is 1. The van der Waals surface area contributed by atoms with Crippen LogP contribution in [0.25, 0.3) is 0 Å². The average Bonchev–Trinajstić information content (AvgIpc) is 2.35. The van der Waals surface area contributed by atoms with Gasteiger partial charge in [-0.25, -0.2) is 13.6 Å². The molecule has 1 aromatic rings. The van der Waals surface area contributed by atoms with Crippen molar-refractivity contribution in [3.05, 3.63) is 28.3 Å². The van der Waals surface area contributed by atoms with Crippen molar-refractivity contribution in [2.24, 2.45) is 5.14 Å². The van der Waals surface area contributed by atoms with Gasteiger partial charge in [-0.2, -0.15) is 0 Å². The molecule has 0 saturated heterocycles. The van der Waals surface area contributed by atoms with E-state index in [1.165, 1.54) is 19.1 Å². The van der Waals surface area contributed by atoms with Crippen LogP contribution in [0.4, 0.5) is 0 Å². The Morgan fingerprint density at radius 1 is 1.43 bits per heavy atom. The van der Waals surface area contributed by atoms with Gasteiger partial charge in [-0.05, 0) is 31.0 Å². The summed E-state index contributed by atoms with van der Waals surface area (Å²) in [6.07, 6.45) is 2.15. The molecule has 0 fully saturated rings. The topological polar surface area (TPSA) is 106 Å². The number of nitrogens with two attached hydrogens (primary N) is 1. The Hall–Kier alpha value is -0.960. The Labute approximate surface area is 131 Å². The molecule has 0 aromatic heterocycles. The van der Waals surface area contributed by atoms with Crippen LogP contribution in [0.15, 0.2) is 17.0 Å². The van der Waals surface area contributed by atoms with Crippen molar-refractivity contribution in [1.82, 2.24) is 5.32 Å². The first-order valence-electron chi connectivity index (χ1n) is 6.04. The van der Waals surface area contributed by atoms with E-state index in [2.05, 4.69) is 5.32 Å². The van der Waals surface area contributed by atoms with Gasteiger partial charge >= 0.3 is 0 Å². The zero-order valence-corrected chi connectivity index (χ0v) is 14.1. The highest BCUT2D eigenvalue weighted by Crippen LogP contribution is 2.23. The van der Waals surface area contributed by atoms with Gasteiger partial charge in [-0.15, -0.1) is 0 Å². The molecule has 9 heteroatoms. The highest BCUT2D eigenvalue weighted by Gasteiger charge is 2.19. The lowest BCUT2D eigenvalue weighted by Crippen LogP contribution is -2.27. The molecule has 6 nitrogen and oxygen atoms in total. The van der Waals surface area contributed by atoms with Crippen LogP contribution in [0.5, 0.6) is 0 Å². The lowest BCUT2D eigenvalue weighted by Gasteiger charge is -2.11. The quantitative estimate of drug-likeness (QED) is 0.738. The number of hydrogen-bond acceptors (Lipinski definition) is 4. The first-order chi connectivity index (χ1) is 9.62. The minimum Gasteiger partial charge on any atom is -0.352 e. The minimum absolute atomic E-state index is 0.115. The van der Waals surface area contributed by atoms with E-state index in [0.29, 0.717) is 18.7 Å². The summed E-state index contributed by atoms with van der Waals surface area (Å²) >= 11 is 5.83. The molecule has 0 aliphatic heterocycles. The van der Waals surface area contributed by atoms with E-state index < -0.39 is 26.7 Å². The second kappa shape index (κ2) is 7.35. The Balaban J connectivity index is 2.95. The largest absolute Gasteiger partial charge is 0.352 e. The number of primary sulfonamides is 1. The van der Waals surface area contributed by atoms with Gasteiger partial charge < -0.3 is 5.32 Å². The normalized spacial score (nSPS) is 13.0. The maximum atomic E-state index is 12.1. The molecular formula is C12H17ClN2O4S2. The third-order valence-electron chi connectivity index (χ3n) is 2.77. The zero-order chi connectivity index (χ0) is 16.2. The van der Waals surface area contributed by atoms with E-state index >= 15 is 0 Å². The molecule has 0 spiro atoms. The maximum absolute atomic E-state index is 12.1. The number of rotatable bonds is 6. The first kappa shape index (κ1) is 18.1. The van der Waals surface area contributed by atoms with E-state index in [4.69, 9.17) is 16.7 Å². The molecule has 0 aliphatic carbocycles. The summed E-state index contributed by atoms with van der Waals surface area (Å²) in [5.41, 5.74) is 0.405. The highest BCUT2D eigenvalue weighted by molar-refractivity contribution is 7.89. The predicted octanol–water partition coefficient (Wildman–Crippen LogP) is 0.794. The first-order valence-corrected chi connectivity index (χ1v) is 9.69. The summed E-state index contributed by atoms with van der Waals surface area (Å²) in [6, 6.07) is 2.60. The second-order valence-electron chi connectivity index (χ2n) is 4.51. The molecule has 1 aromatic carbocycles. The predicted molar refractivity (Wildman–Crippen MR) is 83.4 cm³/mol. The Morgan fingerprint density at radius 3 is 2.57 bits per heavy atom. The fraction of sp³-hybridized carbons (Fsp3) is 0.417. The van der Waals surface area contributed by atoms with Gasteiger partial charge in [0.25, 0.3) is 5.91 Å². The van der Waals surface area contributed by atoms with Crippen molar-refractivity contribution in [1.29, 1.82) is 0 Å². The molecular weight excluding hydrogens is 336 g/mol. The van der Waals surface area contributed by atoms with Crippen LogP contribution >= 0.6 is 11.6 Å². The van der Waals surface area contributed by atoms with Crippen LogP contribution in [0.2, 0.25) is 5.02 Å². The van der Waals surface area contributed by atoms with Gasteiger partial charge in [-0.3, -0.25) is 9.00 Å². The van der Waals surface area contributed by atoms with Gasteiger partial charge in [0.2, 0.25) is 10.0 Å². The third-order valence-corrected chi connectivity index (χ3v) is 4.89. The van der Waals surface area contributed by atoms with E-state index in [1.54, 1.807) is 6.26 Å². The van der Waals surface area contributed by atoms with Crippen LogP contribution in [0, 0.1) is 6.92 Å². The molecule has 3 N–H and O–H groups in total. The van der Waals surface area contributed by atoms with Gasteiger partial charge in [0.05, 0.1) is 4.90 Å². The van der Waals surface area contributed by atoms with Crippen molar-refractivity contribution in [2.45, 2.75) is 18.2 Å². The maximum Gasteiger partial charge on any atom is 0.251 e. The molecule has 1 unspecified atom stereocenters. The van der Waals surface area contributed by atoms with E-state index in [0.717, 1.165) is 0 Å². The number of benzene rings is 1. The SMILES string of the molecule is Cc1c(C(=O)NCCCS(C)=O)cc(Cl)cc1S(N)(=O)=O. The monoisotopic (exact) mass is 352 g/mol. The lowest BCUT2D eigenvalue weighted by atomic mass is 10.1. The van der Waals surface area contributed by atoms with Gasteiger partial charge in [0.15, 0.2) is 0 Å². The van der Waals surface area contributed by atoms with E-state index in [1.807, 2.05) is 0 Å². The molecule has 0 bridgehead atoms. The van der Waals surface area contributed by atoms with Crippen molar-refractivity contribution in [2.75, 3.05) is 18.6 Å². The van der Waals surface area contributed by atoms with Crippen molar-refractivity contribution in [3.8, 4) is 0 Å². The zero-order valence-electron chi connectivity index (χ0n) is 11.7. The van der Waals surface area contributed by atoms with Crippen molar-refractivity contribution >= 4 is 38.3 Å². The number of hydrogen-bond donors (Lipinski definition) is 2.